The Bertz CT molecular complexity index is 796. The Kier molecular flexibility index (Phi) is 4.86. The Labute approximate surface area is 152 Å². The minimum Gasteiger partial charge on any atom is -0.310 e. The van der Waals surface area contributed by atoms with Gasteiger partial charge >= 0.3 is 0 Å². The first-order chi connectivity index (χ1) is 12.2. The molecule has 6 heteroatoms. The van der Waals surface area contributed by atoms with Crippen LogP contribution in [0.15, 0.2) is 23.1 Å². The summed E-state index contributed by atoms with van der Waals surface area (Å²) < 4.78 is 0. The van der Waals surface area contributed by atoms with E-state index in [0.29, 0.717) is 17.6 Å². The Hall–Kier alpha value is -1.72. The van der Waals surface area contributed by atoms with Crippen molar-refractivity contribution in [1.82, 2.24) is 19.9 Å². The third-order valence-corrected chi connectivity index (χ3v) is 5.58. The zero-order valence-electron chi connectivity index (χ0n) is 14.3. The maximum absolute atomic E-state index is 12.6. The normalized spacial score (nSPS) is 18.9. The van der Waals surface area contributed by atoms with Crippen LogP contribution in [0.4, 0.5) is 0 Å². The maximum Gasteiger partial charge on any atom is 0.255 e. The Balaban J connectivity index is 1.51. The third kappa shape index (κ3) is 3.77. The zero-order valence-corrected chi connectivity index (χ0v) is 15.1. The third-order valence-electron chi connectivity index (χ3n) is 5.35. The van der Waals surface area contributed by atoms with Gasteiger partial charge in [-0.15, -0.1) is 0 Å². The van der Waals surface area contributed by atoms with Gasteiger partial charge in [0.1, 0.15) is 11.0 Å². The van der Waals surface area contributed by atoms with E-state index in [0.717, 1.165) is 55.0 Å². The largest absolute Gasteiger partial charge is 0.310 e. The molecule has 0 bridgehead atoms. The molecule has 0 radical (unpaired) electrons. The number of pyridine rings is 1. The molecule has 25 heavy (non-hydrogen) atoms. The summed E-state index contributed by atoms with van der Waals surface area (Å²) in [5.41, 5.74) is 2.98. The van der Waals surface area contributed by atoms with Crippen molar-refractivity contribution >= 4 is 11.6 Å². The molecule has 1 saturated carbocycles. The molecule has 1 aliphatic heterocycles. The average molecular weight is 359 g/mol. The number of rotatable bonds is 3. The van der Waals surface area contributed by atoms with Crippen molar-refractivity contribution in [2.24, 2.45) is 0 Å². The van der Waals surface area contributed by atoms with Gasteiger partial charge in [0, 0.05) is 38.2 Å². The topological polar surface area (TPSA) is 61.9 Å². The van der Waals surface area contributed by atoms with Crippen LogP contribution in [0.2, 0.25) is 5.15 Å². The molecule has 5 nitrogen and oxygen atoms in total. The molecule has 0 saturated heterocycles. The van der Waals surface area contributed by atoms with E-state index in [9.17, 15) is 4.79 Å². The van der Waals surface area contributed by atoms with Gasteiger partial charge in [0.2, 0.25) is 0 Å². The minimum absolute atomic E-state index is 0.0458. The number of aromatic amines is 1. The van der Waals surface area contributed by atoms with Gasteiger partial charge in [-0.05, 0) is 24.5 Å². The number of halogens is 1. The van der Waals surface area contributed by atoms with Crippen LogP contribution in [-0.4, -0.2) is 26.4 Å². The highest BCUT2D eigenvalue weighted by atomic mass is 35.5. The van der Waals surface area contributed by atoms with E-state index in [1.54, 1.807) is 12.3 Å². The van der Waals surface area contributed by atoms with E-state index in [-0.39, 0.29) is 5.56 Å². The van der Waals surface area contributed by atoms with Crippen LogP contribution in [0, 0.1) is 0 Å². The second kappa shape index (κ2) is 7.26. The molecule has 1 aliphatic carbocycles. The van der Waals surface area contributed by atoms with E-state index < -0.39 is 0 Å². The monoisotopic (exact) mass is 358 g/mol. The van der Waals surface area contributed by atoms with Crippen LogP contribution in [0.3, 0.4) is 0 Å². The van der Waals surface area contributed by atoms with Gasteiger partial charge in [-0.25, -0.2) is 9.97 Å². The van der Waals surface area contributed by atoms with Crippen molar-refractivity contribution in [3.05, 3.63) is 56.5 Å². The Morgan fingerprint density at radius 1 is 1.24 bits per heavy atom. The van der Waals surface area contributed by atoms with Gasteiger partial charge in [0.05, 0.1) is 11.3 Å². The highest BCUT2D eigenvalue weighted by Gasteiger charge is 2.24. The van der Waals surface area contributed by atoms with Gasteiger partial charge in [-0.2, -0.15) is 0 Å². The first kappa shape index (κ1) is 16.7. The predicted molar refractivity (Wildman–Crippen MR) is 97.7 cm³/mol. The summed E-state index contributed by atoms with van der Waals surface area (Å²) in [6, 6.07) is 3.79. The lowest BCUT2D eigenvalue weighted by Gasteiger charge is -2.28. The van der Waals surface area contributed by atoms with Gasteiger partial charge < -0.3 is 4.98 Å². The summed E-state index contributed by atoms with van der Waals surface area (Å²) >= 11 is 5.84. The fourth-order valence-corrected chi connectivity index (χ4v) is 4.07. The molecule has 3 heterocycles. The summed E-state index contributed by atoms with van der Waals surface area (Å²) in [6.07, 6.45) is 8.73. The van der Waals surface area contributed by atoms with Crippen molar-refractivity contribution in [1.29, 1.82) is 0 Å². The first-order valence-corrected chi connectivity index (χ1v) is 9.51. The van der Waals surface area contributed by atoms with E-state index in [4.69, 9.17) is 16.6 Å². The molecule has 4 rings (SSSR count). The van der Waals surface area contributed by atoms with E-state index in [1.807, 2.05) is 6.07 Å². The number of nitrogens with zero attached hydrogens (tertiary/aromatic N) is 3. The summed E-state index contributed by atoms with van der Waals surface area (Å²) in [4.78, 5) is 26.9. The van der Waals surface area contributed by atoms with Gasteiger partial charge in [-0.1, -0.05) is 36.9 Å². The molecule has 2 aromatic rings. The van der Waals surface area contributed by atoms with E-state index >= 15 is 0 Å². The predicted octanol–water partition coefficient (Wildman–Crippen LogP) is 3.42. The van der Waals surface area contributed by atoms with Crippen LogP contribution in [0.25, 0.3) is 0 Å². The summed E-state index contributed by atoms with van der Waals surface area (Å²) in [5, 5.41) is 0.503. The SMILES string of the molecule is O=c1[nH]c(C2CCCCC2)nc2c1CN(Cc1ccc(Cl)nc1)CC2. The first-order valence-electron chi connectivity index (χ1n) is 9.14. The molecule has 0 aromatic carbocycles. The highest BCUT2D eigenvalue weighted by molar-refractivity contribution is 6.29. The molecule has 0 amide bonds. The fraction of sp³-hybridized carbons (Fsp3) is 0.526. The molecule has 1 fully saturated rings. The van der Waals surface area contributed by atoms with Crippen LogP contribution in [-0.2, 0) is 19.5 Å². The lowest BCUT2D eigenvalue weighted by atomic mass is 9.88. The number of hydrogen-bond acceptors (Lipinski definition) is 4. The minimum atomic E-state index is 0.0458. The zero-order chi connectivity index (χ0) is 17.2. The summed E-state index contributed by atoms with van der Waals surface area (Å²) in [6.45, 7) is 2.33. The van der Waals surface area contributed by atoms with Gasteiger partial charge in [-0.3, -0.25) is 9.69 Å². The molecule has 0 unspecified atom stereocenters. The van der Waals surface area contributed by atoms with Crippen molar-refractivity contribution in [3.63, 3.8) is 0 Å². The quantitative estimate of drug-likeness (QED) is 0.854. The average Bonchev–Trinajstić information content (AvgIpc) is 2.65. The van der Waals surface area contributed by atoms with Gasteiger partial charge in [0.25, 0.3) is 5.56 Å². The smallest absolute Gasteiger partial charge is 0.255 e. The molecular formula is C19H23ClN4O. The van der Waals surface area contributed by atoms with Crippen molar-refractivity contribution in [2.45, 2.75) is 57.5 Å². The Morgan fingerprint density at radius 2 is 2.08 bits per heavy atom. The van der Waals surface area contributed by atoms with E-state index in [1.165, 1.54) is 19.3 Å². The molecule has 132 valence electrons. The highest BCUT2D eigenvalue weighted by Crippen LogP contribution is 2.30. The van der Waals surface area contributed by atoms with Gasteiger partial charge in [0.15, 0.2) is 0 Å². The Morgan fingerprint density at radius 3 is 2.84 bits per heavy atom. The molecule has 0 atom stereocenters. The van der Waals surface area contributed by atoms with Crippen LogP contribution in [0.5, 0.6) is 0 Å². The number of fused-ring (bicyclic) bond motifs is 1. The van der Waals surface area contributed by atoms with Crippen molar-refractivity contribution < 1.29 is 0 Å². The number of hydrogen-bond donors (Lipinski definition) is 1. The number of aromatic nitrogens is 3. The number of nitrogens with one attached hydrogen (secondary N) is 1. The van der Waals surface area contributed by atoms with Crippen molar-refractivity contribution in [3.8, 4) is 0 Å². The molecule has 2 aliphatic rings. The molecule has 1 N–H and O–H groups in total. The fourth-order valence-electron chi connectivity index (χ4n) is 3.96. The second-order valence-electron chi connectivity index (χ2n) is 7.16. The standard InChI is InChI=1S/C19H23ClN4O/c20-17-7-6-13(10-21-17)11-24-9-8-16-15(12-24)19(25)23-18(22-16)14-4-2-1-3-5-14/h6-7,10,14H,1-5,8-9,11-12H2,(H,22,23,25). The van der Waals surface area contributed by atoms with Crippen LogP contribution in [0.1, 0.15) is 60.7 Å². The summed E-state index contributed by atoms with van der Waals surface area (Å²) in [5.74, 6) is 1.35. The molecular weight excluding hydrogens is 336 g/mol. The molecule has 2 aromatic heterocycles. The van der Waals surface area contributed by atoms with E-state index in [2.05, 4.69) is 14.9 Å². The van der Waals surface area contributed by atoms with Crippen LogP contribution >= 0.6 is 11.6 Å². The number of H-pyrrole nitrogens is 1. The maximum atomic E-state index is 12.6. The summed E-state index contributed by atoms with van der Waals surface area (Å²) in [7, 11) is 0. The van der Waals surface area contributed by atoms with Crippen molar-refractivity contribution in [2.75, 3.05) is 6.54 Å². The van der Waals surface area contributed by atoms with Crippen LogP contribution < -0.4 is 5.56 Å². The molecule has 0 spiro atoms. The lowest BCUT2D eigenvalue weighted by molar-refractivity contribution is 0.240. The lowest BCUT2D eigenvalue weighted by Crippen LogP contribution is -2.36. The second-order valence-corrected chi connectivity index (χ2v) is 7.55.